The predicted molar refractivity (Wildman–Crippen MR) is 67.6 cm³/mol. The third-order valence-corrected chi connectivity index (χ3v) is 3.42. The first-order chi connectivity index (χ1) is 7.24. The average Bonchev–Trinajstić information content (AvgIpc) is 2.64. The smallest absolute Gasteiger partial charge is 0.157 e. The van der Waals surface area contributed by atoms with Crippen molar-refractivity contribution in [3.8, 4) is 0 Å². The Hall–Kier alpha value is -0.670. The lowest BCUT2D eigenvalue weighted by molar-refractivity contribution is 0.728. The average molecular weight is 241 g/mol. The minimum absolute atomic E-state index is 0.484. The highest BCUT2D eigenvalue weighted by molar-refractivity contribution is 8.13. The first-order valence-corrected chi connectivity index (χ1v) is 6.28. The third-order valence-electron chi connectivity index (χ3n) is 2.17. The van der Waals surface area contributed by atoms with Crippen molar-refractivity contribution in [2.24, 2.45) is 4.99 Å². The van der Waals surface area contributed by atoms with Gasteiger partial charge in [-0.1, -0.05) is 35.5 Å². The molecule has 1 aliphatic heterocycles. The molecule has 1 heterocycles. The number of nitrogens with one attached hydrogen (secondary N) is 1. The molecule has 15 heavy (non-hydrogen) atoms. The van der Waals surface area contributed by atoms with E-state index in [1.807, 2.05) is 24.3 Å². The lowest BCUT2D eigenvalue weighted by atomic mass is 10.2. The van der Waals surface area contributed by atoms with E-state index in [9.17, 15) is 0 Å². The molecular formula is C11H13ClN2S. The van der Waals surface area contributed by atoms with E-state index in [1.165, 1.54) is 5.56 Å². The van der Waals surface area contributed by atoms with Crippen LogP contribution in [0.5, 0.6) is 0 Å². The second-order valence-electron chi connectivity index (χ2n) is 3.61. The molecule has 0 saturated heterocycles. The van der Waals surface area contributed by atoms with Gasteiger partial charge in [0, 0.05) is 16.8 Å². The molecule has 1 N–H and O–H groups in total. The summed E-state index contributed by atoms with van der Waals surface area (Å²) < 4.78 is 0. The van der Waals surface area contributed by atoms with Gasteiger partial charge in [-0.2, -0.15) is 0 Å². The Labute approximate surface area is 99.1 Å². The Morgan fingerprint density at radius 2 is 2.20 bits per heavy atom. The molecule has 4 heteroatoms. The summed E-state index contributed by atoms with van der Waals surface area (Å²) in [5, 5.41) is 5.16. The van der Waals surface area contributed by atoms with E-state index in [2.05, 4.69) is 17.2 Å². The first kappa shape index (κ1) is 10.8. The van der Waals surface area contributed by atoms with Crippen LogP contribution < -0.4 is 5.32 Å². The second-order valence-corrected chi connectivity index (χ2v) is 5.01. The van der Waals surface area contributed by atoms with Crippen LogP contribution in [0.1, 0.15) is 12.5 Å². The van der Waals surface area contributed by atoms with Crippen molar-refractivity contribution in [1.29, 1.82) is 0 Å². The number of aliphatic imine (C=N–C) groups is 1. The minimum atomic E-state index is 0.484. The van der Waals surface area contributed by atoms with Crippen molar-refractivity contribution in [3.05, 3.63) is 34.9 Å². The Kier molecular flexibility index (Phi) is 3.54. The maximum Gasteiger partial charge on any atom is 0.157 e. The molecule has 2 nitrogen and oxygen atoms in total. The van der Waals surface area contributed by atoms with Gasteiger partial charge in [-0.25, -0.2) is 0 Å². The molecule has 0 bridgehead atoms. The van der Waals surface area contributed by atoms with Crippen molar-refractivity contribution in [2.45, 2.75) is 18.7 Å². The van der Waals surface area contributed by atoms with Crippen LogP contribution in [0.4, 0.5) is 0 Å². The van der Waals surface area contributed by atoms with Crippen molar-refractivity contribution < 1.29 is 0 Å². The Morgan fingerprint density at radius 3 is 2.80 bits per heavy atom. The molecule has 0 fully saturated rings. The molecule has 1 aliphatic rings. The van der Waals surface area contributed by atoms with Crippen LogP contribution >= 0.6 is 23.4 Å². The van der Waals surface area contributed by atoms with E-state index in [4.69, 9.17) is 11.6 Å². The first-order valence-electron chi connectivity index (χ1n) is 4.92. The fourth-order valence-electron chi connectivity index (χ4n) is 1.34. The van der Waals surface area contributed by atoms with E-state index >= 15 is 0 Å². The summed E-state index contributed by atoms with van der Waals surface area (Å²) in [5.41, 5.74) is 1.27. The molecule has 0 radical (unpaired) electrons. The number of amidine groups is 1. The Bertz CT molecular complexity index is 361. The maximum absolute atomic E-state index is 5.82. The molecule has 1 aromatic carbocycles. The molecule has 0 unspecified atom stereocenters. The maximum atomic E-state index is 5.82. The fraction of sp³-hybridized carbons (Fsp3) is 0.364. The summed E-state index contributed by atoms with van der Waals surface area (Å²) in [4.78, 5) is 4.39. The largest absolute Gasteiger partial charge is 0.361 e. The van der Waals surface area contributed by atoms with Gasteiger partial charge in [-0.15, -0.1) is 0 Å². The summed E-state index contributed by atoms with van der Waals surface area (Å²) in [5.74, 6) is 0.940. The van der Waals surface area contributed by atoms with E-state index < -0.39 is 0 Å². The van der Waals surface area contributed by atoms with Gasteiger partial charge in [0.15, 0.2) is 5.17 Å². The molecular weight excluding hydrogens is 228 g/mol. The highest BCUT2D eigenvalue weighted by Crippen LogP contribution is 2.17. The Balaban J connectivity index is 1.86. The highest BCUT2D eigenvalue weighted by atomic mass is 35.5. The molecule has 0 aromatic heterocycles. The topological polar surface area (TPSA) is 24.4 Å². The highest BCUT2D eigenvalue weighted by Gasteiger charge is 2.12. The lowest BCUT2D eigenvalue weighted by Gasteiger charge is -2.05. The van der Waals surface area contributed by atoms with Gasteiger partial charge in [0.05, 0.1) is 6.54 Å². The van der Waals surface area contributed by atoms with Gasteiger partial charge in [-0.3, -0.25) is 4.99 Å². The zero-order valence-corrected chi connectivity index (χ0v) is 10.1. The van der Waals surface area contributed by atoms with Crippen LogP contribution in [0.15, 0.2) is 29.3 Å². The summed E-state index contributed by atoms with van der Waals surface area (Å²) in [6, 6.07) is 8.42. The minimum Gasteiger partial charge on any atom is -0.361 e. The fourth-order valence-corrected chi connectivity index (χ4v) is 2.41. The van der Waals surface area contributed by atoms with Crippen molar-refractivity contribution >= 4 is 28.5 Å². The van der Waals surface area contributed by atoms with Crippen LogP contribution in [0.3, 0.4) is 0 Å². The van der Waals surface area contributed by atoms with Crippen LogP contribution in [0, 0.1) is 0 Å². The normalized spacial score (nSPS) is 19.9. The zero-order valence-electron chi connectivity index (χ0n) is 8.53. The van der Waals surface area contributed by atoms with E-state index in [-0.39, 0.29) is 0 Å². The lowest BCUT2D eigenvalue weighted by Crippen LogP contribution is -2.25. The summed E-state index contributed by atoms with van der Waals surface area (Å²) >= 11 is 7.56. The second kappa shape index (κ2) is 4.90. The molecule has 0 aliphatic carbocycles. The van der Waals surface area contributed by atoms with Crippen LogP contribution in [0.25, 0.3) is 0 Å². The molecule has 0 saturated carbocycles. The van der Waals surface area contributed by atoms with Crippen molar-refractivity contribution in [3.63, 3.8) is 0 Å². The van der Waals surface area contributed by atoms with Gasteiger partial charge in [-0.05, 0) is 24.6 Å². The van der Waals surface area contributed by atoms with Crippen molar-refractivity contribution in [2.75, 3.05) is 6.54 Å². The number of thioether (sulfide) groups is 1. The summed E-state index contributed by atoms with van der Waals surface area (Å²) in [7, 11) is 0. The predicted octanol–water partition coefficient (Wildman–Crippen LogP) is 2.92. The molecule has 2 rings (SSSR count). The monoisotopic (exact) mass is 240 g/mol. The van der Waals surface area contributed by atoms with Gasteiger partial charge in [0.25, 0.3) is 0 Å². The summed E-state index contributed by atoms with van der Waals surface area (Å²) in [6.07, 6.45) is 0. The van der Waals surface area contributed by atoms with Crippen LogP contribution in [-0.4, -0.2) is 17.8 Å². The number of hydrogen-bond donors (Lipinski definition) is 1. The van der Waals surface area contributed by atoms with E-state index in [1.54, 1.807) is 11.8 Å². The zero-order chi connectivity index (χ0) is 10.7. The molecule has 1 aromatic rings. The number of nitrogens with zero attached hydrogens (tertiary/aromatic N) is 1. The van der Waals surface area contributed by atoms with Gasteiger partial charge < -0.3 is 5.32 Å². The summed E-state index contributed by atoms with van der Waals surface area (Å²) in [6.45, 7) is 3.03. The van der Waals surface area contributed by atoms with Gasteiger partial charge in [0.1, 0.15) is 0 Å². The molecule has 0 spiro atoms. The standard InChI is InChI=1S/C11H13ClN2S/c1-8-6-13-11(14-8)15-7-9-2-4-10(12)5-3-9/h2-5,8H,6-7H2,1H3,(H,13,14)/t8-/m1/s1. The number of benzene rings is 1. The van der Waals surface area contributed by atoms with Crippen molar-refractivity contribution in [1.82, 2.24) is 5.32 Å². The van der Waals surface area contributed by atoms with Crippen LogP contribution in [0.2, 0.25) is 5.02 Å². The SMILES string of the molecule is C[C@@H]1CN=C(SCc2ccc(Cl)cc2)N1. The quantitative estimate of drug-likeness (QED) is 0.860. The Morgan fingerprint density at radius 1 is 1.47 bits per heavy atom. The van der Waals surface area contributed by atoms with E-state index in [0.717, 1.165) is 22.5 Å². The number of hydrogen-bond acceptors (Lipinski definition) is 3. The molecule has 80 valence electrons. The van der Waals surface area contributed by atoms with Crippen LogP contribution in [-0.2, 0) is 5.75 Å². The third kappa shape index (κ3) is 3.14. The molecule has 0 amide bonds. The van der Waals surface area contributed by atoms with Gasteiger partial charge >= 0.3 is 0 Å². The number of rotatable bonds is 2. The van der Waals surface area contributed by atoms with Gasteiger partial charge in [0.2, 0.25) is 0 Å². The molecule has 1 atom stereocenters. The van der Waals surface area contributed by atoms with E-state index in [0.29, 0.717) is 6.04 Å². The number of halogens is 1.